The van der Waals surface area contributed by atoms with E-state index in [0.29, 0.717) is 5.69 Å². The molecule has 2 aliphatic rings. The van der Waals surface area contributed by atoms with Crippen LogP contribution in [-0.4, -0.2) is 73.5 Å². The number of esters is 1. The summed E-state index contributed by atoms with van der Waals surface area (Å²) in [5, 5.41) is 12.1. The molecule has 2 unspecified atom stereocenters. The van der Waals surface area contributed by atoms with Gasteiger partial charge in [0.2, 0.25) is 10.0 Å². The van der Waals surface area contributed by atoms with Crippen molar-refractivity contribution in [2.24, 2.45) is 0 Å². The number of benzene rings is 1. The molecule has 1 fully saturated rings. The minimum Gasteiger partial charge on any atom is -0.466 e. The first-order chi connectivity index (χ1) is 14.7. The molecular weight excluding hydrogens is 422 g/mol. The predicted octanol–water partition coefficient (Wildman–Crippen LogP) is 1.31. The van der Waals surface area contributed by atoms with Crippen molar-refractivity contribution in [1.29, 1.82) is 0 Å². The van der Waals surface area contributed by atoms with E-state index in [1.807, 2.05) is 13.8 Å². The molecule has 2 N–H and O–H groups in total. The van der Waals surface area contributed by atoms with Gasteiger partial charge in [0.15, 0.2) is 0 Å². The van der Waals surface area contributed by atoms with Gasteiger partial charge in [-0.25, -0.2) is 13.2 Å². The third-order valence-electron chi connectivity index (χ3n) is 5.77. The van der Waals surface area contributed by atoms with Crippen molar-refractivity contribution in [1.82, 2.24) is 9.21 Å². The molecule has 2 aliphatic heterocycles. The van der Waals surface area contributed by atoms with Gasteiger partial charge in [-0.1, -0.05) is 6.42 Å². The molecule has 2 atom stereocenters. The van der Waals surface area contributed by atoms with Crippen LogP contribution in [0.5, 0.6) is 0 Å². The number of hydrogen-bond acceptors (Lipinski definition) is 7. The van der Waals surface area contributed by atoms with Gasteiger partial charge >= 0.3 is 5.97 Å². The fourth-order valence-electron chi connectivity index (χ4n) is 4.20. The number of aliphatic hydroxyl groups excluding tert-OH is 1. The molecule has 10 heteroatoms. The van der Waals surface area contributed by atoms with Gasteiger partial charge in [0, 0.05) is 24.3 Å². The van der Waals surface area contributed by atoms with E-state index in [0.717, 1.165) is 19.3 Å². The van der Waals surface area contributed by atoms with E-state index >= 15 is 0 Å². The number of rotatable bonds is 7. The van der Waals surface area contributed by atoms with E-state index in [4.69, 9.17) is 9.84 Å². The second-order valence-corrected chi connectivity index (χ2v) is 9.75. The third-order valence-corrected chi connectivity index (χ3v) is 7.91. The van der Waals surface area contributed by atoms with E-state index in [9.17, 15) is 18.0 Å². The standard InChI is InChI=1S/C21H29N3O6S/c1-14-5-4-6-15(2)24(14)31(28,29)17-9-7-16(8-10-17)22-19-18(21(27)30-3)13-23(11-12-25)20(19)26/h7-10,14-15,22,25H,4-6,11-13H2,1-3H3. The number of anilines is 1. The molecule has 170 valence electrons. The van der Waals surface area contributed by atoms with Crippen molar-refractivity contribution in [2.45, 2.75) is 50.1 Å². The summed E-state index contributed by atoms with van der Waals surface area (Å²) in [4.78, 5) is 26.2. The quantitative estimate of drug-likeness (QED) is 0.601. The lowest BCUT2D eigenvalue weighted by molar-refractivity contribution is -0.136. The van der Waals surface area contributed by atoms with Gasteiger partial charge in [-0.05, 0) is 51.0 Å². The Morgan fingerprint density at radius 2 is 1.81 bits per heavy atom. The predicted molar refractivity (Wildman–Crippen MR) is 115 cm³/mol. The van der Waals surface area contributed by atoms with Crippen molar-refractivity contribution in [3.8, 4) is 0 Å². The topological polar surface area (TPSA) is 116 Å². The van der Waals surface area contributed by atoms with Crippen LogP contribution < -0.4 is 5.32 Å². The maximum absolute atomic E-state index is 13.2. The normalized spacial score (nSPS) is 22.7. The van der Waals surface area contributed by atoms with Gasteiger partial charge in [-0.2, -0.15) is 4.31 Å². The van der Waals surface area contributed by atoms with Crippen LogP contribution >= 0.6 is 0 Å². The molecule has 0 saturated carbocycles. The number of ether oxygens (including phenoxy) is 1. The summed E-state index contributed by atoms with van der Waals surface area (Å²) >= 11 is 0. The minimum absolute atomic E-state index is 0.0333. The van der Waals surface area contributed by atoms with E-state index in [2.05, 4.69) is 5.32 Å². The Hall–Kier alpha value is -2.43. The van der Waals surface area contributed by atoms with Crippen molar-refractivity contribution >= 4 is 27.6 Å². The molecular formula is C21H29N3O6S. The number of nitrogens with zero attached hydrogens (tertiary/aromatic N) is 2. The molecule has 31 heavy (non-hydrogen) atoms. The first-order valence-corrected chi connectivity index (χ1v) is 11.8. The lowest BCUT2D eigenvalue weighted by Crippen LogP contribution is -2.47. The molecule has 1 saturated heterocycles. The van der Waals surface area contributed by atoms with E-state index < -0.39 is 21.9 Å². The zero-order valence-electron chi connectivity index (χ0n) is 18.0. The summed E-state index contributed by atoms with van der Waals surface area (Å²) in [5.74, 6) is -1.06. The van der Waals surface area contributed by atoms with Crippen LogP contribution in [0.1, 0.15) is 33.1 Å². The molecule has 0 aliphatic carbocycles. The van der Waals surface area contributed by atoms with Crippen LogP contribution in [0.3, 0.4) is 0 Å². The first-order valence-electron chi connectivity index (χ1n) is 10.3. The molecule has 0 radical (unpaired) electrons. The summed E-state index contributed by atoms with van der Waals surface area (Å²) in [5.41, 5.74) is 0.692. The Balaban J connectivity index is 1.84. The van der Waals surface area contributed by atoms with Crippen molar-refractivity contribution in [3.05, 3.63) is 35.5 Å². The number of β-amino-alcohol motifs (C(OH)–C–C–N with tert-alkyl or cyclic N) is 1. The number of aliphatic hydroxyl groups is 1. The van der Waals surface area contributed by atoms with Crippen LogP contribution in [0.25, 0.3) is 0 Å². The fraction of sp³-hybridized carbons (Fsp3) is 0.524. The number of sulfonamides is 1. The highest BCUT2D eigenvalue weighted by molar-refractivity contribution is 7.89. The van der Waals surface area contributed by atoms with Gasteiger partial charge in [0.25, 0.3) is 5.91 Å². The van der Waals surface area contributed by atoms with Crippen LogP contribution in [-0.2, 0) is 24.3 Å². The molecule has 1 aromatic rings. The highest BCUT2D eigenvalue weighted by atomic mass is 32.2. The monoisotopic (exact) mass is 451 g/mol. The van der Waals surface area contributed by atoms with Crippen LogP contribution in [0, 0.1) is 0 Å². The fourth-order valence-corrected chi connectivity index (χ4v) is 6.08. The van der Waals surface area contributed by atoms with Crippen molar-refractivity contribution in [2.75, 3.05) is 32.1 Å². The Morgan fingerprint density at radius 3 is 2.35 bits per heavy atom. The number of carbonyl (C=O) groups is 2. The highest BCUT2D eigenvalue weighted by Crippen LogP contribution is 2.30. The van der Waals surface area contributed by atoms with E-state index in [1.54, 1.807) is 16.4 Å². The lowest BCUT2D eigenvalue weighted by atomic mass is 10.0. The minimum atomic E-state index is -3.64. The molecule has 0 aromatic heterocycles. The van der Waals surface area contributed by atoms with E-state index in [-0.39, 0.29) is 47.9 Å². The maximum atomic E-state index is 13.2. The smallest absolute Gasteiger partial charge is 0.337 e. The lowest BCUT2D eigenvalue weighted by Gasteiger charge is -2.37. The Morgan fingerprint density at radius 1 is 1.19 bits per heavy atom. The van der Waals surface area contributed by atoms with Crippen LogP contribution in [0.2, 0.25) is 0 Å². The first kappa shape index (κ1) is 23.2. The molecule has 9 nitrogen and oxygen atoms in total. The van der Waals surface area contributed by atoms with Gasteiger partial charge < -0.3 is 20.1 Å². The number of methoxy groups -OCH3 is 1. The summed E-state index contributed by atoms with van der Waals surface area (Å²) in [7, 11) is -2.41. The zero-order chi connectivity index (χ0) is 22.8. The molecule has 2 heterocycles. The van der Waals surface area contributed by atoms with E-state index in [1.165, 1.54) is 24.1 Å². The number of piperidine rings is 1. The van der Waals surface area contributed by atoms with Crippen LogP contribution in [0.4, 0.5) is 5.69 Å². The Labute approximate surface area is 182 Å². The largest absolute Gasteiger partial charge is 0.466 e. The molecule has 3 rings (SSSR count). The second-order valence-electron chi connectivity index (χ2n) is 7.91. The number of hydrogen-bond donors (Lipinski definition) is 2. The number of amides is 1. The van der Waals surface area contributed by atoms with Gasteiger partial charge in [0.05, 0.1) is 30.7 Å². The Bertz CT molecular complexity index is 963. The average molecular weight is 452 g/mol. The van der Waals surface area contributed by atoms with Crippen LogP contribution in [0.15, 0.2) is 40.4 Å². The highest BCUT2D eigenvalue weighted by Gasteiger charge is 2.36. The van der Waals surface area contributed by atoms with Gasteiger partial charge in [-0.15, -0.1) is 0 Å². The van der Waals surface area contributed by atoms with Crippen molar-refractivity contribution in [3.63, 3.8) is 0 Å². The third kappa shape index (κ3) is 4.60. The van der Waals surface area contributed by atoms with Gasteiger partial charge in [-0.3, -0.25) is 4.79 Å². The second kappa shape index (κ2) is 9.37. The Kier molecular flexibility index (Phi) is 7.03. The average Bonchev–Trinajstić information content (AvgIpc) is 3.03. The summed E-state index contributed by atoms with van der Waals surface area (Å²) in [6.07, 6.45) is 2.68. The SMILES string of the molecule is COC(=O)C1=C(Nc2ccc(S(=O)(=O)N3C(C)CCCC3C)cc2)C(=O)N(CCO)C1. The summed E-state index contributed by atoms with van der Waals surface area (Å²) in [6.45, 7) is 3.74. The number of carbonyl (C=O) groups excluding carboxylic acids is 2. The molecule has 0 bridgehead atoms. The molecule has 1 aromatic carbocycles. The summed E-state index contributed by atoms with van der Waals surface area (Å²) in [6, 6.07) is 6.00. The molecule has 1 amide bonds. The maximum Gasteiger partial charge on any atom is 0.337 e. The molecule has 0 spiro atoms. The summed E-state index contributed by atoms with van der Waals surface area (Å²) < 4.78 is 32.7. The number of nitrogens with one attached hydrogen (secondary N) is 1. The van der Waals surface area contributed by atoms with Gasteiger partial charge in [0.1, 0.15) is 5.70 Å². The zero-order valence-corrected chi connectivity index (χ0v) is 18.8. The van der Waals surface area contributed by atoms with Crippen molar-refractivity contribution < 1.29 is 27.9 Å².